The summed E-state index contributed by atoms with van der Waals surface area (Å²) in [5.74, 6) is 0.0550. The second-order valence-corrected chi connectivity index (χ2v) is 5.19. The van der Waals surface area contributed by atoms with Crippen LogP contribution >= 0.6 is 11.6 Å². The van der Waals surface area contributed by atoms with E-state index in [0.29, 0.717) is 24.1 Å². The lowest BCUT2D eigenvalue weighted by molar-refractivity contribution is 0.0910. The Hall–Kier alpha value is -1.09. The number of nitrogens with one attached hydrogen (secondary N) is 1. The van der Waals surface area contributed by atoms with Crippen LogP contribution in [0.3, 0.4) is 0 Å². The van der Waals surface area contributed by atoms with Crippen LogP contribution in [-0.4, -0.2) is 10.8 Å². The fraction of sp³-hybridized carbons (Fsp3) is 0.455. The van der Waals surface area contributed by atoms with Crippen LogP contribution in [-0.2, 0) is 6.42 Å². The summed E-state index contributed by atoms with van der Waals surface area (Å²) in [6.45, 7) is 4.03. The minimum atomic E-state index is -0.319. The predicted molar refractivity (Wildman–Crippen MR) is 58.5 cm³/mol. The Balaban J connectivity index is 2.61. The molecule has 80 valence electrons. The number of rotatable bonds is 0. The van der Waals surface area contributed by atoms with E-state index in [1.165, 1.54) is 6.07 Å². The second kappa shape index (κ2) is 3.20. The molecule has 1 aromatic rings. The molecule has 3 nitrogen and oxygen atoms in total. The number of Topliss-reactive ketones (excluding diaryl/α,β-unsaturated/α-hetero) is 1. The molecule has 1 N–H and O–H groups in total. The van der Waals surface area contributed by atoms with Crippen LogP contribution < -0.4 is 5.56 Å². The van der Waals surface area contributed by atoms with Gasteiger partial charge in [0.15, 0.2) is 5.78 Å². The number of hydrogen-bond acceptors (Lipinski definition) is 2. The van der Waals surface area contributed by atoms with Gasteiger partial charge < -0.3 is 4.98 Å². The third kappa shape index (κ3) is 1.84. The van der Waals surface area contributed by atoms with Gasteiger partial charge in [0, 0.05) is 17.7 Å². The van der Waals surface area contributed by atoms with Crippen LogP contribution in [0.15, 0.2) is 10.9 Å². The van der Waals surface area contributed by atoms with Gasteiger partial charge in [0.25, 0.3) is 5.56 Å². The van der Waals surface area contributed by atoms with Gasteiger partial charge in [-0.25, -0.2) is 0 Å². The summed E-state index contributed by atoms with van der Waals surface area (Å²) in [6, 6.07) is 1.48. The smallest absolute Gasteiger partial charge is 0.266 e. The summed E-state index contributed by atoms with van der Waals surface area (Å²) in [7, 11) is 0. The lowest BCUT2D eigenvalue weighted by Crippen LogP contribution is -2.30. The number of aromatic amines is 1. The molecule has 1 aliphatic carbocycles. The monoisotopic (exact) mass is 225 g/mol. The Kier molecular flexibility index (Phi) is 2.23. The topological polar surface area (TPSA) is 49.9 Å². The van der Waals surface area contributed by atoms with Gasteiger partial charge in [0.1, 0.15) is 5.02 Å². The van der Waals surface area contributed by atoms with E-state index in [2.05, 4.69) is 4.98 Å². The van der Waals surface area contributed by atoms with Crippen molar-refractivity contribution in [1.82, 2.24) is 4.98 Å². The number of carbonyl (C=O) groups excluding carboxylic acids is 1. The Morgan fingerprint density at radius 1 is 1.33 bits per heavy atom. The highest BCUT2D eigenvalue weighted by molar-refractivity contribution is 6.30. The third-order valence-corrected chi connectivity index (χ3v) is 2.95. The van der Waals surface area contributed by atoms with E-state index in [1.54, 1.807) is 0 Å². The Labute approximate surface area is 92.5 Å². The summed E-state index contributed by atoms with van der Waals surface area (Å²) in [4.78, 5) is 25.8. The zero-order chi connectivity index (χ0) is 11.2. The van der Waals surface area contributed by atoms with E-state index in [-0.39, 0.29) is 21.8 Å². The van der Waals surface area contributed by atoms with Crippen LogP contribution in [0.25, 0.3) is 0 Å². The Morgan fingerprint density at radius 3 is 2.67 bits per heavy atom. The Morgan fingerprint density at radius 2 is 2.00 bits per heavy atom. The van der Waals surface area contributed by atoms with Gasteiger partial charge in [0.2, 0.25) is 0 Å². The van der Waals surface area contributed by atoms with Gasteiger partial charge in [-0.15, -0.1) is 0 Å². The van der Waals surface area contributed by atoms with Crippen LogP contribution in [0, 0.1) is 5.41 Å². The highest BCUT2D eigenvalue weighted by Gasteiger charge is 2.31. The number of pyridine rings is 1. The first-order valence-electron chi connectivity index (χ1n) is 4.84. The quantitative estimate of drug-likeness (QED) is 0.736. The van der Waals surface area contributed by atoms with Crippen molar-refractivity contribution < 1.29 is 4.79 Å². The normalized spacial score (nSPS) is 18.7. The van der Waals surface area contributed by atoms with E-state index in [1.807, 2.05) is 13.8 Å². The second-order valence-electron chi connectivity index (χ2n) is 4.78. The van der Waals surface area contributed by atoms with Gasteiger partial charge in [-0.2, -0.15) is 0 Å². The molecule has 1 aromatic heterocycles. The zero-order valence-corrected chi connectivity index (χ0v) is 9.44. The molecular formula is C11H12ClNO2. The highest BCUT2D eigenvalue weighted by Crippen LogP contribution is 2.33. The van der Waals surface area contributed by atoms with Gasteiger partial charge in [0.05, 0.1) is 0 Å². The average molecular weight is 226 g/mol. The maximum atomic E-state index is 11.8. The van der Waals surface area contributed by atoms with E-state index in [0.717, 1.165) is 0 Å². The molecule has 0 unspecified atom stereocenters. The van der Waals surface area contributed by atoms with Crippen LogP contribution in [0.2, 0.25) is 5.02 Å². The minimum Gasteiger partial charge on any atom is -0.324 e. The lowest BCUT2D eigenvalue weighted by Gasteiger charge is -2.29. The first kappa shape index (κ1) is 10.4. The van der Waals surface area contributed by atoms with Crippen LogP contribution in [0.1, 0.15) is 36.3 Å². The molecule has 15 heavy (non-hydrogen) atoms. The SMILES string of the molecule is CC1(C)CC(=O)c2cc(Cl)c(=O)[nH]c2C1. The molecule has 0 saturated carbocycles. The standard InChI is InChI=1S/C11H12ClNO2/c1-11(2)4-8-6(9(14)5-11)3-7(12)10(15)13-8/h3H,4-5H2,1-2H3,(H,13,15). The predicted octanol–water partition coefficient (Wildman–Crippen LogP) is 2.18. The number of H-pyrrole nitrogens is 1. The van der Waals surface area contributed by atoms with E-state index in [4.69, 9.17) is 11.6 Å². The molecule has 0 atom stereocenters. The fourth-order valence-electron chi connectivity index (χ4n) is 2.00. The van der Waals surface area contributed by atoms with E-state index >= 15 is 0 Å². The number of ketones is 1. The summed E-state index contributed by atoms with van der Waals surface area (Å²) in [5, 5.41) is 0.0850. The minimum absolute atomic E-state index is 0.0550. The van der Waals surface area contributed by atoms with Crippen molar-refractivity contribution in [2.24, 2.45) is 5.41 Å². The van der Waals surface area contributed by atoms with Gasteiger partial charge in [-0.05, 0) is 17.9 Å². The van der Waals surface area contributed by atoms with Crippen LogP contribution in [0.4, 0.5) is 0 Å². The first-order chi connectivity index (χ1) is 6.89. The lowest BCUT2D eigenvalue weighted by atomic mass is 9.76. The molecule has 4 heteroatoms. The molecule has 0 amide bonds. The van der Waals surface area contributed by atoms with Crippen molar-refractivity contribution in [2.45, 2.75) is 26.7 Å². The largest absolute Gasteiger partial charge is 0.324 e. The fourth-order valence-corrected chi connectivity index (χ4v) is 2.16. The molecule has 0 aliphatic heterocycles. The van der Waals surface area contributed by atoms with Crippen molar-refractivity contribution >= 4 is 17.4 Å². The van der Waals surface area contributed by atoms with Crippen LogP contribution in [0.5, 0.6) is 0 Å². The highest BCUT2D eigenvalue weighted by atomic mass is 35.5. The molecule has 0 saturated heterocycles. The number of aromatic nitrogens is 1. The summed E-state index contributed by atoms with van der Waals surface area (Å²) in [5.41, 5.74) is 0.881. The molecule has 0 bridgehead atoms. The molecular weight excluding hydrogens is 214 g/mol. The zero-order valence-electron chi connectivity index (χ0n) is 8.69. The van der Waals surface area contributed by atoms with Gasteiger partial charge >= 0.3 is 0 Å². The molecule has 2 rings (SSSR count). The maximum Gasteiger partial charge on any atom is 0.266 e. The maximum absolute atomic E-state index is 11.8. The molecule has 1 aliphatic rings. The summed E-state index contributed by atoms with van der Waals surface area (Å²) >= 11 is 5.69. The summed E-state index contributed by atoms with van der Waals surface area (Å²) in [6.07, 6.45) is 1.21. The van der Waals surface area contributed by atoms with Crippen molar-refractivity contribution in [3.05, 3.63) is 32.7 Å². The van der Waals surface area contributed by atoms with Crippen molar-refractivity contribution in [2.75, 3.05) is 0 Å². The first-order valence-corrected chi connectivity index (χ1v) is 5.22. The molecule has 0 radical (unpaired) electrons. The number of carbonyl (C=O) groups is 1. The number of halogens is 1. The molecule has 0 spiro atoms. The molecule has 1 heterocycles. The van der Waals surface area contributed by atoms with Crippen molar-refractivity contribution in [3.8, 4) is 0 Å². The molecule has 0 fully saturated rings. The van der Waals surface area contributed by atoms with Crippen molar-refractivity contribution in [3.63, 3.8) is 0 Å². The average Bonchev–Trinajstić information content (AvgIpc) is 2.07. The van der Waals surface area contributed by atoms with Crippen molar-refractivity contribution in [1.29, 1.82) is 0 Å². The Bertz CT molecular complexity index is 488. The number of hydrogen-bond donors (Lipinski definition) is 1. The van der Waals surface area contributed by atoms with E-state index in [9.17, 15) is 9.59 Å². The van der Waals surface area contributed by atoms with Gasteiger partial charge in [-0.3, -0.25) is 9.59 Å². The van der Waals surface area contributed by atoms with E-state index < -0.39 is 0 Å². The third-order valence-electron chi connectivity index (χ3n) is 2.67. The number of fused-ring (bicyclic) bond motifs is 1. The molecule has 0 aromatic carbocycles. The van der Waals surface area contributed by atoms with Gasteiger partial charge in [-0.1, -0.05) is 25.4 Å². The summed E-state index contributed by atoms with van der Waals surface area (Å²) < 4.78 is 0.